The van der Waals surface area contributed by atoms with Crippen LogP contribution in [0.5, 0.6) is 5.75 Å². The Hall–Kier alpha value is -2.82. The van der Waals surface area contributed by atoms with E-state index in [1.54, 1.807) is 0 Å². The largest absolute Gasteiger partial charge is 0.550 e. The number of carbonyl (C=O) groups excluding carboxylic acids is 2. The molecule has 0 unspecified atom stereocenters. The molecule has 0 radical (unpaired) electrons. The molecule has 0 atom stereocenters. The predicted molar refractivity (Wildman–Crippen MR) is 89.4 cm³/mol. The summed E-state index contributed by atoms with van der Waals surface area (Å²) in [7, 11) is 0. The molecule has 1 amide bonds. The lowest BCUT2D eigenvalue weighted by Crippen LogP contribution is -2.30. The smallest absolute Gasteiger partial charge is 0.220 e. The first-order valence-corrected chi connectivity index (χ1v) is 7.81. The van der Waals surface area contributed by atoms with E-state index in [-0.39, 0.29) is 18.7 Å². The molecule has 2 aromatic carbocycles. The zero-order valence-corrected chi connectivity index (χ0v) is 13.6. The summed E-state index contributed by atoms with van der Waals surface area (Å²) in [6, 6.07) is 16.0. The van der Waals surface area contributed by atoms with Crippen LogP contribution in [0.15, 0.2) is 48.5 Å². The third-order valence-corrected chi connectivity index (χ3v) is 3.49. The van der Waals surface area contributed by atoms with Crippen LogP contribution in [0.25, 0.3) is 11.1 Å². The zero-order chi connectivity index (χ0) is 17.4. The molecule has 0 saturated carbocycles. The summed E-state index contributed by atoms with van der Waals surface area (Å²) in [5, 5.41) is 12.8. The van der Waals surface area contributed by atoms with Gasteiger partial charge in [-0.05, 0) is 36.6 Å². The Morgan fingerprint density at radius 3 is 2.12 bits per heavy atom. The Balaban J connectivity index is 1.75. The third-order valence-electron chi connectivity index (χ3n) is 3.49. The van der Waals surface area contributed by atoms with Gasteiger partial charge in [0.05, 0.1) is 6.54 Å². The van der Waals surface area contributed by atoms with Crippen LogP contribution >= 0.6 is 0 Å². The molecule has 5 nitrogen and oxygen atoms in total. The van der Waals surface area contributed by atoms with Crippen LogP contribution in [0.4, 0.5) is 0 Å². The minimum absolute atomic E-state index is 0.0758. The second-order valence-corrected chi connectivity index (χ2v) is 5.46. The number of carboxylic acid groups (broad SMARTS) is 1. The maximum Gasteiger partial charge on any atom is 0.220 e. The second-order valence-electron chi connectivity index (χ2n) is 5.46. The Kier molecular flexibility index (Phi) is 6.37. The summed E-state index contributed by atoms with van der Waals surface area (Å²) in [5.74, 6) is -0.831. The molecule has 0 heterocycles. The van der Waals surface area contributed by atoms with Crippen molar-refractivity contribution in [1.82, 2.24) is 5.32 Å². The van der Waals surface area contributed by atoms with Crippen molar-refractivity contribution in [2.75, 3.05) is 13.2 Å². The molecular formula is C19H20NO4-. The average molecular weight is 326 g/mol. The van der Waals surface area contributed by atoms with Crippen LogP contribution in [0.2, 0.25) is 0 Å². The monoisotopic (exact) mass is 326 g/mol. The fraction of sp³-hybridized carbons (Fsp3) is 0.263. The van der Waals surface area contributed by atoms with Gasteiger partial charge in [-0.15, -0.1) is 0 Å². The van der Waals surface area contributed by atoms with E-state index in [0.29, 0.717) is 13.2 Å². The topological polar surface area (TPSA) is 78.5 Å². The Bertz CT molecular complexity index is 678. The molecule has 126 valence electrons. The number of carboxylic acids is 1. The van der Waals surface area contributed by atoms with Crippen molar-refractivity contribution in [2.24, 2.45) is 0 Å². The number of aryl methyl sites for hydroxylation is 1. The molecule has 1 N–H and O–H groups in total. The van der Waals surface area contributed by atoms with E-state index in [1.807, 2.05) is 24.3 Å². The van der Waals surface area contributed by atoms with Gasteiger partial charge >= 0.3 is 0 Å². The van der Waals surface area contributed by atoms with Crippen molar-refractivity contribution in [3.05, 3.63) is 54.1 Å². The standard InChI is InChI=1S/C19H21NO4/c1-14-2-4-15(5-3-14)16-6-8-17(9-7-16)24-13-12-20-18(21)10-11-19(22)23/h2-9H,10-13H2,1H3,(H,20,21)(H,22,23)/p-1. The number of hydrogen-bond donors (Lipinski definition) is 1. The third kappa shape index (κ3) is 5.76. The zero-order valence-electron chi connectivity index (χ0n) is 13.6. The quantitative estimate of drug-likeness (QED) is 0.749. The Labute approximate surface area is 141 Å². The summed E-state index contributed by atoms with van der Waals surface area (Å²) in [6.07, 6.45) is -0.346. The van der Waals surface area contributed by atoms with Crippen LogP contribution < -0.4 is 15.2 Å². The molecular weight excluding hydrogens is 306 g/mol. The molecule has 24 heavy (non-hydrogen) atoms. The number of nitrogens with one attached hydrogen (secondary N) is 1. The van der Waals surface area contributed by atoms with E-state index < -0.39 is 5.97 Å². The maximum atomic E-state index is 11.3. The van der Waals surface area contributed by atoms with Crippen molar-refractivity contribution < 1.29 is 19.4 Å². The number of aliphatic carboxylic acids is 1. The molecule has 5 heteroatoms. The summed E-state index contributed by atoms with van der Waals surface area (Å²) < 4.78 is 5.55. The fourth-order valence-electron chi connectivity index (χ4n) is 2.15. The van der Waals surface area contributed by atoms with Crippen molar-refractivity contribution >= 4 is 11.9 Å². The number of carbonyl (C=O) groups is 2. The van der Waals surface area contributed by atoms with E-state index in [2.05, 4.69) is 36.5 Å². The van der Waals surface area contributed by atoms with Gasteiger partial charge in [0.25, 0.3) is 0 Å². The van der Waals surface area contributed by atoms with Gasteiger partial charge in [-0.2, -0.15) is 0 Å². The molecule has 2 aromatic rings. The number of hydrogen-bond acceptors (Lipinski definition) is 4. The highest BCUT2D eigenvalue weighted by Gasteiger charge is 2.02. The molecule has 0 aliphatic rings. The maximum absolute atomic E-state index is 11.3. The Morgan fingerprint density at radius 1 is 0.958 bits per heavy atom. The lowest BCUT2D eigenvalue weighted by Gasteiger charge is -2.09. The van der Waals surface area contributed by atoms with Gasteiger partial charge in [-0.25, -0.2) is 0 Å². The van der Waals surface area contributed by atoms with Gasteiger partial charge < -0.3 is 20.0 Å². The van der Waals surface area contributed by atoms with Crippen LogP contribution in [-0.2, 0) is 9.59 Å². The summed E-state index contributed by atoms with van der Waals surface area (Å²) in [4.78, 5) is 21.6. The Morgan fingerprint density at radius 2 is 1.54 bits per heavy atom. The molecule has 0 fully saturated rings. The van der Waals surface area contributed by atoms with E-state index in [4.69, 9.17) is 4.74 Å². The van der Waals surface area contributed by atoms with Gasteiger partial charge in [-0.1, -0.05) is 42.0 Å². The van der Waals surface area contributed by atoms with Crippen LogP contribution in [0, 0.1) is 6.92 Å². The van der Waals surface area contributed by atoms with E-state index in [0.717, 1.165) is 16.9 Å². The molecule has 0 aliphatic heterocycles. The number of ether oxygens (including phenoxy) is 1. The lowest BCUT2D eigenvalue weighted by atomic mass is 10.0. The van der Waals surface area contributed by atoms with E-state index >= 15 is 0 Å². The van der Waals surface area contributed by atoms with Crippen molar-refractivity contribution in [3.63, 3.8) is 0 Å². The first-order chi connectivity index (χ1) is 11.5. The van der Waals surface area contributed by atoms with Gasteiger partial charge in [0.15, 0.2) is 0 Å². The van der Waals surface area contributed by atoms with Crippen LogP contribution in [0.3, 0.4) is 0 Å². The second kappa shape index (κ2) is 8.72. The molecule has 0 spiro atoms. The highest BCUT2D eigenvalue weighted by atomic mass is 16.5. The highest BCUT2D eigenvalue weighted by molar-refractivity contribution is 5.79. The van der Waals surface area contributed by atoms with Crippen molar-refractivity contribution in [3.8, 4) is 16.9 Å². The number of amides is 1. The minimum atomic E-state index is -1.23. The molecule has 0 aliphatic carbocycles. The molecule has 0 aromatic heterocycles. The van der Waals surface area contributed by atoms with E-state index in [9.17, 15) is 14.7 Å². The lowest BCUT2D eigenvalue weighted by molar-refractivity contribution is -0.305. The first-order valence-electron chi connectivity index (χ1n) is 7.81. The minimum Gasteiger partial charge on any atom is -0.550 e. The van der Waals surface area contributed by atoms with Gasteiger partial charge in [-0.3, -0.25) is 4.79 Å². The van der Waals surface area contributed by atoms with Gasteiger partial charge in [0.1, 0.15) is 12.4 Å². The molecule has 2 rings (SSSR count). The van der Waals surface area contributed by atoms with Gasteiger partial charge in [0, 0.05) is 12.4 Å². The van der Waals surface area contributed by atoms with Crippen LogP contribution in [-0.4, -0.2) is 25.0 Å². The molecule has 0 bridgehead atoms. The SMILES string of the molecule is Cc1ccc(-c2ccc(OCCNC(=O)CCC(=O)[O-])cc2)cc1. The molecule has 0 saturated heterocycles. The summed E-state index contributed by atoms with van der Waals surface area (Å²) in [6.45, 7) is 2.70. The number of benzene rings is 2. The van der Waals surface area contributed by atoms with E-state index in [1.165, 1.54) is 5.56 Å². The first kappa shape index (κ1) is 17.5. The summed E-state index contributed by atoms with van der Waals surface area (Å²) in [5.41, 5.74) is 3.48. The predicted octanol–water partition coefficient (Wildman–Crippen LogP) is 1.69. The normalized spacial score (nSPS) is 10.2. The summed E-state index contributed by atoms with van der Waals surface area (Å²) >= 11 is 0. The van der Waals surface area contributed by atoms with Crippen molar-refractivity contribution in [1.29, 1.82) is 0 Å². The fourth-order valence-corrected chi connectivity index (χ4v) is 2.15. The van der Waals surface area contributed by atoms with Crippen LogP contribution in [0.1, 0.15) is 18.4 Å². The van der Waals surface area contributed by atoms with Crippen molar-refractivity contribution in [2.45, 2.75) is 19.8 Å². The number of rotatable bonds is 8. The highest BCUT2D eigenvalue weighted by Crippen LogP contribution is 2.22. The average Bonchev–Trinajstić information content (AvgIpc) is 2.58. The van der Waals surface area contributed by atoms with Gasteiger partial charge in [0.2, 0.25) is 5.91 Å².